The molecular formula is C2H8KO5P. The molecular weight excluding hydrogens is 174 g/mol. The van der Waals surface area contributed by atoms with E-state index in [0.29, 0.717) is 0 Å². The van der Waals surface area contributed by atoms with Crippen LogP contribution in [0.4, 0.5) is 0 Å². The first-order valence-corrected chi connectivity index (χ1v) is 3.21. The van der Waals surface area contributed by atoms with Gasteiger partial charge in [-0.05, 0) is 6.92 Å². The predicted octanol–water partition coefficient (Wildman–Crippen LogP) is -5.60. The Morgan fingerprint density at radius 3 is 1.56 bits per heavy atom. The normalized spacial score (nSPS) is 8.56. The van der Waals surface area contributed by atoms with E-state index in [1.54, 1.807) is 6.92 Å². The summed E-state index contributed by atoms with van der Waals surface area (Å²) < 4.78 is 8.55. The molecule has 0 unspecified atom stereocenters. The van der Waals surface area contributed by atoms with Crippen molar-refractivity contribution in [3.63, 3.8) is 0 Å². The van der Waals surface area contributed by atoms with E-state index in [4.69, 9.17) is 24.4 Å². The number of hydrogen-bond acceptors (Lipinski definition) is 5. The second-order valence-electron chi connectivity index (χ2n) is 0.763. The standard InChI is InChI=1S/C2H6O.K.H3O4P/c1-2-3;;1-5(2,3)4/h3H,2H2,1H3;;(H3,1,2,3,4)/q;+1;/p-1. The van der Waals surface area contributed by atoms with Crippen molar-refractivity contribution in [2.45, 2.75) is 6.92 Å². The Bertz CT molecular complexity index is 78.3. The van der Waals surface area contributed by atoms with Crippen LogP contribution in [-0.4, -0.2) is 11.7 Å². The average Bonchev–Trinajstić information content (AvgIpc) is 1.27. The first kappa shape index (κ1) is 17.0. The van der Waals surface area contributed by atoms with Crippen LogP contribution in [0.5, 0.6) is 0 Å². The molecule has 9 heavy (non-hydrogen) atoms. The van der Waals surface area contributed by atoms with E-state index in [2.05, 4.69) is 0 Å². The van der Waals surface area contributed by atoms with Crippen LogP contribution in [0.3, 0.4) is 0 Å². The van der Waals surface area contributed by atoms with Crippen LogP contribution in [0.15, 0.2) is 0 Å². The van der Waals surface area contributed by atoms with Crippen molar-refractivity contribution < 1.29 is 78.6 Å². The molecule has 0 heterocycles. The third-order valence-electron chi connectivity index (χ3n) is 0. The minimum absolute atomic E-state index is 0. The van der Waals surface area contributed by atoms with Gasteiger partial charge in [0.2, 0.25) is 0 Å². The summed E-state index contributed by atoms with van der Waals surface area (Å²) in [5.41, 5.74) is 0. The molecule has 0 saturated heterocycles. The summed E-state index contributed by atoms with van der Waals surface area (Å²) in [6.45, 7) is 1.93. The Balaban J connectivity index is -0.0000000183. The van der Waals surface area contributed by atoms with E-state index in [1.165, 1.54) is 0 Å². The Labute approximate surface area is 98.7 Å². The van der Waals surface area contributed by atoms with Crippen LogP contribution in [0.2, 0.25) is 0 Å². The Morgan fingerprint density at radius 2 is 1.56 bits per heavy atom. The molecule has 0 atom stereocenters. The molecule has 0 aliphatic carbocycles. The summed E-state index contributed by atoms with van der Waals surface area (Å²) in [5.74, 6) is 0. The first-order valence-electron chi connectivity index (χ1n) is 1.75. The summed E-state index contributed by atoms with van der Waals surface area (Å²) in [6.07, 6.45) is 0. The van der Waals surface area contributed by atoms with Crippen LogP contribution in [0.1, 0.15) is 9.78 Å². The zero-order valence-electron chi connectivity index (χ0n) is 7.23. The van der Waals surface area contributed by atoms with Gasteiger partial charge in [0, 0.05) is 6.61 Å². The second kappa shape index (κ2) is 9.71. The molecule has 0 bridgehead atoms. The number of rotatable bonds is 0. The SMILES string of the molecule is CCO.O=P([O-])([O-])[O-].[H+].[H+].[K+]. The van der Waals surface area contributed by atoms with Gasteiger partial charge in [0.05, 0.1) is 0 Å². The van der Waals surface area contributed by atoms with E-state index < -0.39 is 7.82 Å². The van der Waals surface area contributed by atoms with Crippen LogP contribution < -0.4 is 66.1 Å². The van der Waals surface area contributed by atoms with Crippen molar-refractivity contribution in [1.82, 2.24) is 0 Å². The monoisotopic (exact) mass is 182 g/mol. The molecule has 0 radical (unpaired) electrons. The van der Waals surface area contributed by atoms with E-state index in [-0.39, 0.29) is 60.8 Å². The third kappa shape index (κ3) is 198. The molecule has 5 nitrogen and oxygen atoms in total. The van der Waals surface area contributed by atoms with Crippen molar-refractivity contribution >= 4 is 7.82 Å². The van der Waals surface area contributed by atoms with Gasteiger partial charge in [-0.1, -0.05) is 0 Å². The Hall–Kier alpha value is 1.71. The van der Waals surface area contributed by atoms with Crippen LogP contribution in [-0.2, 0) is 4.57 Å². The molecule has 0 aromatic carbocycles. The van der Waals surface area contributed by atoms with E-state index >= 15 is 0 Å². The minimum Gasteiger partial charge on any atom is -0.822 e. The molecule has 0 fully saturated rings. The Kier molecular flexibility index (Phi) is 18.3. The van der Waals surface area contributed by atoms with Crippen molar-refractivity contribution in [3.8, 4) is 0 Å². The third-order valence-corrected chi connectivity index (χ3v) is 0. The summed E-state index contributed by atoms with van der Waals surface area (Å²) >= 11 is 0. The maximum atomic E-state index is 8.55. The summed E-state index contributed by atoms with van der Waals surface area (Å²) in [7, 11) is -5.39. The molecule has 0 amide bonds. The largest absolute Gasteiger partial charge is 1.00 e. The van der Waals surface area contributed by atoms with Gasteiger partial charge in [-0.25, -0.2) is 0 Å². The van der Waals surface area contributed by atoms with Gasteiger partial charge in [0.1, 0.15) is 0 Å². The molecule has 0 spiro atoms. The molecule has 0 aromatic rings. The van der Waals surface area contributed by atoms with Crippen molar-refractivity contribution in [2.24, 2.45) is 0 Å². The molecule has 52 valence electrons. The average molecular weight is 182 g/mol. The molecule has 0 rings (SSSR count). The number of hydrogen-bond donors (Lipinski definition) is 1. The zero-order valence-corrected chi connectivity index (χ0v) is 9.25. The summed E-state index contributed by atoms with van der Waals surface area (Å²) in [6, 6.07) is 0. The maximum Gasteiger partial charge on any atom is 1.00 e. The van der Waals surface area contributed by atoms with Gasteiger partial charge in [-0.3, -0.25) is 0 Å². The topological polar surface area (TPSA) is 106 Å². The van der Waals surface area contributed by atoms with Crippen LogP contribution >= 0.6 is 7.82 Å². The minimum atomic E-state index is -5.39. The molecule has 7 heteroatoms. The van der Waals surface area contributed by atoms with Gasteiger partial charge in [-0.15, -0.1) is 0 Å². The predicted molar refractivity (Wildman–Crippen MR) is 22.6 cm³/mol. The molecule has 0 aromatic heterocycles. The van der Waals surface area contributed by atoms with E-state index in [1.807, 2.05) is 0 Å². The van der Waals surface area contributed by atoms with E-state index in [9.17, 15) is 0 Å². The Morgan fingerprint density at radius 1 is 1.56 bits per heavy atom. The smallest absolute Gasteiger partial charge is 0.822 e. The van der Waals surface area contributed by atoms with Crippen LogP contribution in [0, 0.1) is 0 Å². The number of aliphatic hydroxyl groups excluding tert-OH is 1. The van der Waals surface area contributed by atoms with Gasteiger partial charge in [0.25, 0.3) is 0 Å². The van der Waals surface area contributed by atoms with Gasteiger partial charge in [0.15, 0.2) is 0 Å². The van der Waals surface area contributed by atoms with Gasteiger partial charge < -0.3 is 24.4 Å². The molecule has 0 saturated carbocycles. The first-order chi connectivity index (χ1) is 3.41. The summed E-state index contributed by atoms with van der Waals surface area (Å²) in [5, 5.41) is 7.57. The quantitative estimate of drug-likeness (QED) is 0.297. The van der Waals surface area contributed by atoms with Crippen molar-refractivity contribution in [1.29, 1.82) is 0 Å². The zero-order chi connectivity index (χ0) is 7.21. The van der Waals surface area contributed by atoms with Gasteiger partial charge in [-0.2, -0.15) is 7.82 Å². The number of phosphoric acid groups is 1. The second-order valence-corrected chi connectivity index (χ2v) is 1.66. The van der Waals surface area contributed by atoms with Gasteiger partial charge >= 0.3 is 54.2 Å². The fourth-order valence-corrected chi connectivity index (χ4v) is 0. The molecule has 1 N–H and O–H groups in total. The van der Waals surface area contributed by atoms with Crippen molar-refractivity contribution in [3.05, 3.63) is 0 Å². The maximum absolute atomic E-state index is 8.55. The fourth-order valence-electron chi connectivity index (χ4n) is 0. The molecule has 0 aliphatic rings. The van der Waals surface area contributed by atoms with Crippen molar-refractivity contribution in [2.75, 3.05) is 6.61 Å². The summed E-state index contributed by atoms with van der Waals surface area (Å²) in [4.78, 5) is 25.6. The van der Waals surface area contributed by atoms with E-state index in [0.717, 1.165) is 0 Å². The fraction of sp³-hybridized carbons (Fsp3) is 1.00. The number of aliphatic hydroxyl groups is 1. The van der Waals surface area contributed by atoms with Crippen LogP contribution in [0.25, 0.3) is 0 Å². The molecule has 0 aliphatic heterocycles.